The average Bonchev–Trinajstić information content (AvgIpc) is 3.48. The van der Waals surface area contributed by atoms with Crippen molar-refractivity contribution in [1.82, 2.24) is 19.9 Å². The number of aromatic amines is 1. The molecule has 2 N–H and O–H groups in total. The minimum Gasteiger partial charge on any atom is -0.491 e. The number of hydrogen-bond donors (Lipinski definition) is 2. The van der Waals surface area contributed by atoms with Crippen LogP contribution >= 0.6 is 0 Å². The van der Waals surface area contributed by atoms with Crippen LogP contribution in [0.2, 0.25) is 0 Å². The summed E-state index contributed by atoms with van der Waals surface area (Å²) in [5, 5.41) is 3.58. The number of aromatic nitrogens is 3. The van der Waals surface area contributed by atoms with Gasteiger partial charge in [-0.1, -0.05) is 6.07 Å². The summed E-state index contributed by atoms with van der Waals surface area (Å²) in [5.41, 5.74) is -0.0608. The number of likely N-dealkylation sites (tertiary alicyclic amines) is 1. The standard InChI is InChI=1S/C22H21F4N5O2/c23-13-1-2-14-17(3-13)33-9-16(31-5-11-7-32-8-12(11)6-31)19(14)30-21-15-4-18(22(24,25)26)29-20(15)27-10-28-21/h1-4,10-12,16,19H,5-9H2,(H2,27,28,29,30)/t11-,12+,16-,19-/m0/s1. The van der Waals surface area contributed by atoms with Gasteiger partial charge in [-0.2, -0.15) is 13.2 Å². The fourth-order valence-electron chi connectivity index (χ4n) is 5.21. The molecule has 0 bridgehead atoms. The summed E-state index contributed by atoms with van der Waals surface area (Å²) < 4.78 is 65.2. The second kappa shape index (κ2) is 7.56. The molecule has 3 aliphatic heterocycles. The maximum atomic E-state index is 13.9. The number of ether oxygens (including phenoxy) is 2. The first-order valence-corrected chi connectivity index (χ1v) is 10.8. The van der Waals surface area contributed by atoms with E-state index in [0.29, 0.717) is 24.2 Å². The van der Waals surface area contributed by atoms with Crippen LogP contribution in [0.3, 0.4) is 0 Å². The maximum Gasteiger partial charge on any atom is 0.431 e. The van der Waals surface area contributed by atoms with Gasteiger partial charge in [-0.05, 0) is 12.1 Å². The fourth-order valence-corrected chi connectivity index (χ4v) is 5.21. The molecule has 7 nitrogen and oxygen atoms in total. The zero-order chi connectivity index (χ0) is 22.7. The Morgan fingerprint density at radius 3 is 2.61 bits per heavy atom. The van der Waals surface area contributed by atoms with Gasteiger partial charge in [0.1, 0.15) is 41.7 Å². The normalized spacial score (nSPS) is 27.4. The molecule has 3 aromatic rings. The summed E-state index contributed by atoms with van der Waals surface area (Å²) in [6, 6.07) is 4.89. The zero-order valence-corrected chi connectivity index (χ0v) is 17.4. The molecule has 0 unspecified atom stereocenters. The number of halogens is 4. The van der Waals surface area contributed by atoms with Crippen LogP contribution in [0.1, 0.15) is 17.3 Å². The van der Waals surface area contributed by atoms with E-state index in [4.69, 9.17) is 9.47 Å². The first-order valence-electron chi connectivity index (χ1n) is 10.8. The Labute approximate surface area is 186 Å². The molecule has 174 valence electrons. The highest BCUT2D eigenvalue weighted by Crippen LogP contribution is 2.41. The van der Waals surface area contributed by atoms with Crippen molar-refractivity contribution in [3.63, 3.8) is 0 Å². The van der Waals surface area contributed by atoms with Gasteiger partial charge in [0.2, 0.25) is 0 Å². The first kappa shape index (κ1) is 20.7. The molecule has 1 aromatic carbocycles. The number of fused-ring (bicyclic) bond motifs is 3. The Balaban J connectivity index is 1.38. The van der Waals surface area contributed by atoms with E-state index in [1.807, 2.05) is 0 Å². The van der Waals surface area contributed by atoms with Gasteiger partial charge in [-0.3, -0.25) is 4.90 Å². The number of hydrogen-bond acceptors (Lipinski definition) is 6. The molecule has 3 aliphatic rings. The van der Waals surface area contributed by atoms with E-state index in [0.717, 1.165) is 37.9 Å². The third-order valence-electron chi connectivity index (χ3n) is 6.87. The number of nitrogens with zero attached hydrogens (tertiary/aromatic N) is 3. The van der Waals surface area contributed by atoms with E-state index in [1.165, 1.54) is 18.5 Å². The minimum absolute atomic E-state index is 0.0932. The van der Waals surface area contributed by atoms with Crippen LogP contribution in [-0.4, -0.2) is 58.8 Å². The summed E-state index contributed by atoms with van der Waals surface area (Å²) in [5.74, 6) is 1.18. The van der Waals surface area contributed by atoms with E-state index in [9.17, 15) is 17.6 Å². The Morgan fingerprint density at radius 1 is 1.06 bits per heavy atom. The Morgan fingerprint density at radius 2 is 1.85 bits per heavy atom. The highest BCUT2D eigenvalue weighted by atomic mass is 19.4. The zero-order valence-electron chi connectivity index (χ0n) is 17.4. The molecular formula is C22H21F4N5O2. The summed E-state index contributed by atoms with van der Waals surface area (Å²) in [6.45, 7) is 3.46. The smallest absolute Gasteiger partial charge is 0.431 e. The predicted molar refractivity (Wildman–Crippen MR) is 110 cm³/mol. The lowest BCUT2D eigenvalue weighted by molar-refractivity contribution is -0.140. The monoisotopic (exact) mass is 463 g/mol. The van der Waals surface area contributed by atoms with Crippen molar-refractivity contribution in [3.8, 4) is 5.75 Å². The van der Waals surface area contributed by atoms with Crippen LogP contribution in [0.5, 0.6) is 5.75 Å². The van der Waals surface area contributed by atoms with E-state index < -0.39 is 17.7 Å². The third kappa shape index (κ3) is 3.59. The van der Waals surface area contributed by atoms with Gasteiger partial charge in [-0.25, -0.2) is 14.4 Å². The molecular weight excluding hydrogens is 442 g/mol. The lowest BCUT2D eigenvalue weighted by Crippen LogP contribution is -2.48. The molecule has 2 aromatic heterocycles. The van der Waals surface area contributed by atoms with E-state index in [-0.39, 0.29) is 28.9 Å². The molecule has 4 atom stereocenters. The molecule has 11 heteroatoms. The maximum absolute atomic E-state index is 13.9. The van der Waals surface area contributed by atoms with Crippen LogP contribution in [0.25, 0.3) is 11.0 Å². The summed E-state index contributed by atoms with van der Waals surface area (Å²) in [6.07, 6.45) is -3.31. The SMILES string of the molecule is Fc1ccc2c(c1)OC[C@H](N1C[C@H]3COC[C@H]3C1)[C@H]2Nc1ncnc2[nH]c(C(F)(F)F)cc12. The number of benzene rings is 1. The third-order valence-corrected chi connectivity index (χ3v) is 6.87. The van der Waals surface area contributed by atoms with Crippen molar-refractivity contribution in [2.24, 2.45) is 11.8 Å². The fraction of sp³-hybridized carbons (Fsp3) is 0.455. The van der Waals surface area contributed by atoms with Crippen molar-refractivity contribution in [2.45, 2.75) is 18.3 Å². The first-order chi connectivity index (χ1) is 15.9. The van der Waals surface area contributed by atoms with Gasteiger partial charge in [0.05, 0.1) is 30.7 Å². The lowest BCUT2D eigenvalue weighted by atomic mass is 9.94. The number of alkyl halides is 3. The Kier molecular flexibility index (Phi) is 4.73. The van der Waals surface area contributed by atoms with E-state index in [1.54, 1.807) is 6.07 Å². The molecule has 2 fully saturated rings. The van der Waals surface area contributed by atoms with Crippen LogP contribution < -0.4 is 10.1 Å². The van der Waals surface area contributed by atoms with Crippen molar-refractivity contribution in [2.75, 3.05) is 38.2 Å². The van der Waals surface area contributed by atoms with Crippen molar-refractivity contribution in [1.29, 1.82) is 0 Å². The molecule has 0 aliphatic carbocycles. The van der Waals surface area contributed by atoms with Gasteiger partial charge in [0, 0.05) is 36.6 Å². The van der Waals surface area contributed by atoms with E-state index >= 15 is 0 Å². The highest BCUT2D eigenvalue weighted by Gasteiger charge is 2.44. The lowest BCUT2D eigenvalue weighted by Gasteiger charge is -2.40. The molecule has 0 radical (unpaired) electrons. The number of H-pyrrole nitrogens is 1. The molecule has 33 heavy (non-hydrogen) atoms. The molecule has 0 saturated carbocycles. The quantitative estimate of drug-likeness (QED) is 0.579. The summed E-state index contributed by atoms with van der Waals surface area (Å²) in [7, 11) is 0. The second-order valence-corrected chi connectivity index (χ2v) is 8.86. The topological polar surface area (TPSA) is 75.3 Å². The Hall–Kier alpha value is -2.92. The molecule has 6 rings (SSSR count). The molecule has 2 saturated heterocycles. The average molecular weight is 463 g/mol. The van der Waals surface area contributed by atoms with Crippen LogP contribution in [-0.2, 0) is 10.9 Å². The second-order valence-electron chi connectivity index (χ2n) is 8.86. The van der Waals surface area contributed by atoms with Crippen LogP contribution in [0.15, 0.2) is 30.6 Å². The van der Waals surface area contributed by atoms with Crippen LogP contribution in [0.4, 0.5) is 23.4 Å². The number of anilines is 1. The minimum atomic E-state index is -4.53. The van der Waals surface area contributed by atoms with Gasteiger partial charge >= 0.3 is 6.18 Å². The van der Waals surface area contributed by atoms with Crippen molar-refractivity contribution in [3.05, 3.63) is 47.7 Å². The summed E-state index contributed by atoms with van der Waals surface area (Å²) >= 11 is 0. The van der Waals surface area contributed by atoms with E-state index in [2.05, 4.69) is 25.2 Å². The predicted octanol–water partition coefficient (Wildman–Crippen LogP) is 3.61. The largest absolute Gasteiger partial charge is 0.491 e. The number of rotatable bonds is 3. The van der Waals surface area contributed by atoms with Gasteiger partial charge in [0.15, 0.2) is 0 Å². The van der Waals surface area contributed by atoms with Crippen molar-refractivity contribution >= 4 is 16.9 Å². The van der Waals surface area contributed by atoms with Crippen molar-refractivity contribution < 1.29 is 27.0 Å². The Bertz CT molecular complexity index is 1190. The number of nitrogens with one attached hydrogen (secondary N) is 2. The molecule has 0 amide bonds. The van der Waals surface area contributed by atoms with Gasteiger partial charge in [0.25, 0.3) is 0 Å². The summed E-state index contributed by atoms with van der Waals surface area (Å²) in [4.78, 5) is 12.8. The van der Waals surface area contributed by atoms with Crippen LogP contribution in [0, 0.1) is 17.7 Å². The molecule has 5 heterocycles. The van der Waals surface area contributed by atoms with Gasteiger partial charge < -0.3 is 19.8 Å². The van der Waals surface area contributed by atoms with Gasteiger partial charge in [-0.15, -0.1) is 0 Å². The molecule has 0 spiro atoms. The highest BCUT2D eigenvalue weighted by molar-refractivity contribution is 5.88.